The summed E-state index contributed by atoms with van der Waals surface area (Å²) in [5.41, 5.74) is 0.150. The summed E-state index contributed by atoms with van der Waals surface area (Å²) >= 11 is 0. The van der Waals surface area contributed by atoms with E-state index in [2.05, 4.69) is 19.8 Å². The van der Waals surface area contributed by atoms with Gasteiger partial charge < -0.3 is 4.98 Å². The Kier molecular flexibility index (Phi) is 2.80. The van der Waals surface area contributed by atoms with Gasteiger partial charge in [0.2, 0.25) is 0 Å². The van der Waals surface area contributed by atoms with Crippen molar-refractivity contribution in [3.63, 3.8) is 0 Å². The predicted molar refractivity (Wildman–Crippen MR) is 62.1 cm³/mol. The Morgan fingerprint density at radius 2 is 2.22 bits per heavy atom. The number of hydrogen-bond donors (Lipinski definition) is 2. The Hall–Kier alpha value is -2.34. The Bertz CT molecular complexity index is 721. The largest absolute Gasteiger partial charge is 0.332 e. The second-order valence-electron chi connectivity index (χ2n) is 3.58. The van der Waals surface area contributed by atoms with E-state index >= 15 is 0 Å². The maximum Gasteiger partial charge on any atom is 0.280 e. The van der Waals surface area contributed by atoms with Crippen molar-refractivity contribution in [2.45, 2.75) is 11.9 Å². The van der Waals surface area contributed by atoms with Crippen molar-refractivity contribution in [2.24, 2.45) is 7.05 Å². The molecule has 94 valence electrons. The molecule has 0 saturated heterocycles. The van der Waals surface area contributed by atoms with Crippen LogP contribution in [-0.2, 0) is 17.1 Å². The number of aryl methyl sites for hydroxylation is 2. The molecule has 0 radical (unpaired) electrons. The number of H-pyrrole nitrogens is 1. The molecule has 18 heavy (non-hydrogen) atoms. The molecule has 2 N–H and O–H groups in total. The van der Waals surface area contributed by atoms with E-state index in [-0.39, 0.29) is 16.4 Å². The van der Waals surface area contributed by atoms with Crippen molar-refractivity contribution < 1.29 is 8.42 Å². The Labute approximate surface area is 103 Å². The summed E-state index contributed by atoms with van der Waals surface area (Å²) in [5, 5.41) is 12.6. The molecule has 0 aliphatic heterocycles. The van der Waals surface area contributed by atoms with Gasteiger partial charge in [-0.2, -0.15) is 18.8 Å². The third-order valence-corrected chi connectivity index (χ3v) is 3.51. The molecular formula is C9H10N6O2S. The molecule has 0 amide bonds. The molecule has 2 heterocycles. The van der Waals surface area contributed by atoms with Crippen LogP contribution in [0.5, 0.6) is 0 Å². The number of sulfonamides is 1. The molecule has 8 nitrogen and oxygen atoms in total. The number of anilines is 1. The fourth-order valence-electron chi connectivity index (χ4n) is 1.36. The zero-order chi connectivity index (χ0) is 13.3. The molecule has 0 spiro atoms. The lowest BCUT2D eigenvalue weighted by Crippen LogP contribution is -2.16. The van der Waals surface area contributed by atoms with Crippen LogP contribution >= 0.6 is 0 Å². The lowest BCUT2D eigenvalue weighted by atomic mass is 10.4. The average molecular weight is 266 g/mol. The SMILES string of the molecule is Cc1ncc(S(=O)(=O)Nc2c(C#N)cnn2C)[nH]1. The molecule has 0 aliphatic rings. The van der Waals surface area contributed by atoms with E-state index in [9.17, 15) is 8.42 Å². The maximum atomic E-state index is 12.0. The van der Waals surface area contributed by atoms with Gasteiger partial charge in [-0.05, 0) is 6.92 Å². The highest BCUT2D eigenvalue weighted by Crippen LogP contribution is 2.17. The third kappa shape index (κ3) is 2.05. The van der Waals surface area contributed by atoms with Crippen molar-refractivity contribution in [3.8, 4) is 6.07 Å². The zero-order valence-corrected chi connectivity index (χ0v) is 10.5. The first kappa shape index (κ1) is 12.1. The van der Waals surface area contributed by atoms with Gasteiger partial charge in [0.1, 0.15) is 17.5 Å². The summed E-state index contributed by atoms with van der Waals surface area (Å²) in [4.78, 5) is 6.43. The van der Waals surface area contributed by atoms with Gasteiger partial charge in [-0.25, -0.2) is 4.98 Å². The summed E-state index contributed by atoms with van der Waals surface area (Å²) in [5.74, 6) is 0.602. The highest BCUT2D eigenvalue weighted by atomic mass is 32.2. The van der Waals surface area contributed by atoms with E-state index in [1.54, 1.807) is 6.92 Å². The van der Waals surface area contributed by atoms with Crippen LogP contribution in [0.1, 0.15) is 11.4 Å². The van der Waals surface area contributed by atoms with Crippen LogP contribution in [0.3, 0.4) is 0 Å². The van der Waals surface area contributed by atoms with Gasteiger partial charge in [0.25, 0.3) is 10.0 Å². The van der Waals surface area contributed by atoms with Gasteiger partial charge in [-0.3, -0.25) is 9.40 Å². The number of nitrogens with zero attached hydrogens (tertiary/aromatic N) is 4. The first-order chi connectivity index (χ1) is 8.44. The maximum absolute atomic E-state index is 12.0. The minimum Gasteiger partial charge on any atom is -0.332 e. The highest BCUT2D eigenvalue weighted by molar-refractivity contribution is 7.92. The minimum absolute atomic E-state index is 0.0647. The number of aromatic amines is 1. The summed E-state index contributed by atoms with van der Waals surface area (Å²) < 4.78 is 27.6. The van der Waals surface area contributed by atoms with Gasteiger partial charge in [-0.15, -0.1) is 0 Å². The summed E-state index contributed by atoms with van der Waals surface area (Å²) in [6, 6.07) is 1.86. The van der Waals surface area contributed by atoms with Crippen LogP contribution in [-0.4, -0.2) is 28.2 Å². The van der Waals surface area contributed by atoms with Crippen LogP contribution < -0.4 is 4.72 Å². The molecular weight excluding hydrogens is 256 g/mol. The molecule has 0 fully saturated rings. The zero-order valence-electron chi connectivity index (χ0n) is 9.67. The predicted octanol–water partition coefficient (Wildman–Crippen LogP) is 0.124. The third-order valence-electron chi connectivity index (χ3n) is 2.26. The Morgan fingerprint density at radius 1 is 1.50 bits per heavy atom. The first-order valence-electron chi connectivity index (χ1n) is 4.90. The first-order valence-corrected chi connectivity index (χ1v) is 6.39. The molecule has 2 aromatic rings. The molecule has 0 aromatic carbocycles. The second-order valence-corrected chi connectivity index (χ2v) is 5.23. The lowest BCUT2D eigenvalue weighted by Gasteiger charge is -2.06. The van der Waals surface area contributed by atoms with Crippen molar-refractivity contribution in [3.05, 3.63) is 23.8 Å². The number of nitriles is 1. The van der Waals surface area contributed by atoms with E-state index in [1.165, 1.54) is 24.1 Å². The van der Waals surface area contributed by atoms with E-state index in [0.717, 1.165) is 0 Å². The van der Waals surface area contributed by atoms with Gasteiger partial charge in [0.05, 0.1) is 12.4 Å². The van der Waals surface area contributed by atoms with Crippen molar-refractivity contribution >= 4 is 15.8 Å². The Morgan fingerprint density at radius 3 is 2.78 bits per heavy atom. The number of hydrogen-bond acceptors (Lipinski definition) is 5. The lowest BCUT2D eigenvalue weighted by molar-refractivity contribution is 0.597. The number of aromatic nitrogens is 4. The normalized spacial score (nSPS) is 11.2. The smallest absolute Gasteiger partial charge is 0.280 e. The monoisotopic (exact) mass is 266 g/mol. The van der Waals surface area contributed by atoms with E-state index in [0.29, 0.717) is 5.82 Å². The fourth-order valence-corrected chi connectivity index (χ4v) is 2.44. The quantitative estimate of drug-likeness (QED) is 0.818. The molecule has 2 aromatic heterocycles. The minimum atomic E-state index is -3.80. The van der Waals surface area contributed by atoms with Crippen molar-refractivity contribution in [2.75, 3.05) is 4.72 Å². The van der Waals surface area contributed by atoms with Crippen LogP contribution in [0.2, 0.25) is 0 Å². The molecule has 0 saturated carbocycles. The molecule has 0 unspecified atom stereocenters. The number of nitrogens with one attached hydrogen (secondary N) is 2. The van der Waals surface area contributed by atoms with Gasteiger partial charge in [-0.1, -0.05) is 0 Å². The van der Waals surface area contributed by atoms with E-state index in [4.69, 9.17) is 5.26 Å². The molecule has 0 atom stereocenters. The van der Waals surface area contributed by atoms with E-state index < -0.39 is 10.0 Å². The van der Waals surface area contributed by atoms with Crippen molar-refractivity contribution in [1.29, 1.82) is 5.26 Å². The number of rotatable bonds is 3. The number of imidazole rings is 1. The van der Waals surface area contributed by atoms with Gasteiger partial charge in [0.15, 0.2) is 10.8 Å². The molecule has 0 bridgehead atoms. The van der Waals surface area contributed by atoms with Gasteiger partial charge in [0, 0.05) is 7.05 Å². The van der Waals surface area contributed by atoms with E-state index in [1.807, 2.05) is 6.07 Å². The second kappa shape index (κ2) is 4.15. The van der Waals surface area contributed by atoms with Crippen LogP contribution in [0.4, 0.5) is 5.82 Å². The average Bonchev–Trinajstić information content (AvgIpc) is 2.87. The fraction of sp³-hybridized carbons (Fsp3) is 0.222. The van der Waals surface area contributed by atoms with Crippen molar-refractivity contribution in [1.82, 2.24) is 19.7 Å². The topological polar surface area (TPSA) is 116 Å². The van der Waals surface area contributed by atoms with Crippen LogP contribution in [0.15, 0.2) is 17.4 Å². The summed E-state index contributed by atoms with van der Waals surface area (Å²) in [7, 11) is -2.26. The summed E-state index contributed by atoms with van der Waals surface area (Å²) in [6.07, 6.45) is 2.50. The molecule has 9 heteroatoms. The van der Waals surface area contributed by atoms with Gasteiger partial charge >= 0.3 is 0 Å². The Balaban J connectivity index is 2.40. The van der Waals surface area contributed by atoms with Crippen LogP contribution in [0.25, 0.3) is 0 Å². The molecule has 0 aliphatic carbocycles. The standard InChI is InChI=1S/C9H10N6O2S/c1-6-11-5-8(13-6)18(16,17)14-9-7(3-10)4-12-15(9)2/h4-5,14H,1-2H3,(H,11,13). The molecule has 2 rings (SSSR count). The van der Waals surface area contributed by atoms with Crippen LogP contribution in [0, 0.1) is 18.3 Å². The highest BCUT2D eigenvalue weighted by Gasteiger charge is 2.20. The summed E-state index contributed by atoms with van der Waals surface area (Å²) in [6.45, 7) is 1.64.